The number of imidazole rings is 1. The van der Waals surface area contributed by atoms with Crippen LogP contribution < -0.4 is 4.74 Å². The lowest BCUT2D eigenvalue weighted by molar-refractivity contribution is -0.139. The van der Waals surface area contributed by atoms with Crippen LogP contribution in [0.1, 0.15) is 36.0 Å². The molecular weight excluding hydrogens is 476 g/mol. The van der Waals surface area contributed by atoms with E-state index in [1.807, 2.05) is 31.4 Å². The third kappa shape index (κ3) is 2.87. The number of hydrogen-bond acceptors (Lipinski definition) is 5. The summed E-state index contributed by atoms with van der Waals surface area (Å²) in [5.74, 6) is 3.62. The lowest BCUT2D eigenvalue weighted by Crippen LogP contribution is -2.73. The third-order valence-electron chi connectivity index (χ3n) is 10.1. The Balaban J connectivity index is 1.20. The molecule has 4 fully saturated rings. The minimum absolute atomic E-state index is 0.108. The summed E-state index contributed by atoms with van der Waals surface area (Å²) in [5.41, 5.74) is 4.75. The Morgan fingerprint density at radius 2 is 2.05 bits per heavy atom. The molecule has 3 saturated carbocycles. The fourth-order valence-electron chi connectivity index (χ4n) is 7.98. The van der Waals surface area contributed by atoms with E-state index in [4.69, 9.17) is 14.7 Å². The van der Waals surface area contributed by atoms with E-state index in [1.165, 1.54) is 19.3 Å². The molecule has 4 aromatic rings. The summed E-state index contributed by atoms with van der Waals surface area (Å²) in [5, 5.41) is 1.12. The van der Waals surface area contributed by atoms with Gasteiger partial charge in [-0.25, -0.2) is 9.97 Å². The second kappa shape index (κ2) is 7.59. The van der Waals surface area contributed by atoms with Crippen molar-refractivity contribution in [1.82, 2.24) is 28.9 Å². The molecule has 0 N–H and O–H groups in total. The van der Waals surface area contributed by atoms with Gasteiger partial charge in [0.15, 0.2) is 5.82 Å². The van der Waals surface area contributed by atoms with Gasteiger partial charge in [-0.15, -0.1) is 0 Å². The maximum atomic E-state index is 13.9. The van der Waals surface area contributed by atoms with Crippen molar-refractivity contribution < 1.29 is 9.53 Å². The highest BCUT2D eigenvalue weighted by atomic mass is 16.5. The van der Waals surface area contributed by atoms with E-state index < -0.39 is 0 Å². The molecule has 8 rings (SSSR count). The highest BCUT2D eigenvalue weighted by molar-refractivity contribution is 6.00. The highest BCUT2D eigenvalue weighted by Crippen LogP contribution is 2.65. The highest BCUT2D eigenvalue weighted by Gasteiger charge is 2.71. The lowest BCUT2D eigenvalue weighted by atomic mass is 9.47. The number of methoxy groups -OCH3 is 1. The van der Waals surface area contributed by atoms with E-state index in [9.17, 15) is 4.79 Å². The molecule has 8 heteroatoms. The van der Waals surface area contributed by atoms with Crippen LogP contribution in [-0.2, 0) is 13.6 Å². The fraction of sp³-hybridized carbons (Fsp3) is 0.500. The average Bonchev–Trinajstić information content (AvgIpc) is 3.55. The van der Waals surface area contributed by atoms with Crippen LogP contribution in [0.4, 0.5) is 0 Å². The first-order valence-corrected chi connectivity index (χ1v) is 13.9. The Morgan fingerprint density at radius 1 is 1.21 bits per heavy atom. The van der Waals surface area contributed by atoms with Gasteiger partial charge in [0.2, 0.25) is 0 Å². The minimum Gasteiger partial charge on any atom is -0.494 e. The number of fused-ring (bicyclic) bond motifs is 2. The zero-order chi connectivity index (χ0) is 25.9. The number of carbonyl (C=O) groups excluding carboxylic acids is 1. The van der Waals surface area contributed by atoms with Gasteiger partial charge < -0.3 is 23.7 Å². The van der Waals surface area contributed by atoms with Crippen molar-refractivity contribution in [2.24, 2.45) is 24.8 Å². The van der Waals surface area contributed by atoms with Crippen LogP contribution in [0.15, 0.2) is 36.5 Å². The quantitative estimate of drug-likeness (QED) is 0.389. The van der Waals surface area contributed by atoms with Crippen molar-refractivity contribution in [3.63, 3.8) is 0 Å². The van der Waals surface area contributed by atoms with Crippen LogP contribution in [0.5, 0.6) is 5.75 Å². The predicted octanol–water partition coefficient (Wildman–Crippen LogP) is 4.17. The van der Waals surface area contributed by atoms with Gasteiger partial charge in [-0.05, 0) is 81.9 Å². The van der Waals surface area contributed by atoms with E-state index >= 15 is 0 Å². The molecule has 0 radical (unpaired) electrons. The van der Waals surface area contributed by atoms with Crippen LogP contribution in [0, 0.1) is 17.8 Å². The van der Waals surface area contributed by atoms with Crippen molar-refractivity contribution in [3.8, 4) is 17.3 Å². The molecule has 1 unspecified atom stereocenters. The number of ether oxygens (including phenoxy) is 1. The summed E-state index contributed by atoms with van der Waals surface area (Å²) in [4.78, 5) is 28.2. The number of benzene rings is 1. The molecule has 3 aliphatic carbocycles. The van der Waals surface area contributed by atoms with Crippen molar-refractivity contribution in [2.45, 2.75) is 43.8 Å². The van der Waals surface area contributed by atoms with E-state index in [-0.39, 0.29) is 5.91 Å². The fourth-order valence-corrected chi connectivity index (χ4v) is 7.98. The van der Waals surface area contributed by atoms with Crippen LogP contribution in [0.2, 0.25) is 0 Å². The predicted molar refractivity (Wildman–Crippen MR) is 146 cm³/mol. The number of pyridine rings is 1. The first-order valence-electron chi connectivity index (χ1n) is 13.9. The zero-order valence-corrected chi connectivity index (χ0v) is 22.5. The van der Waals surface area contributed by atoms with Gasteiger partial charge in [0, 0.05) is 54.8 Å². The molecule has 1 aliphatic heterocycles. The Hall–Kier alpha value is -3.39. The maximum absolute atomic E-state index is 13.9. The average molecular weight is 511 g/mol. The molecule has 4 aliphatic rings. The molecule has 8 nitrogen and oxygen atoms in total. The Kier molecular flexibility index (Phi) is 4.51. The van der Waals surface area contributed by atoms with E-state index in [2.05, 4.69) is 45.2 Å². The van der Waals surface area contributed by atoms with E-state index in [0.29, 0.717) is 40.6 Å². The van der Waals surface area contributed by atoms with Gasteiger partial charge >= 0.3 is 0 Å². The molecule has 0 spiro atoms. The van der Waals surface area contributed by atoms with Crippen molar-refractivity contribution in [3.05, 3.63) is 42.1 Å². The number of rotatable bonds is 6. The summed E-state index contributed by atoms with van der Waals surface area (Å²) in [6.07, 6.45) is 6.69. The SMILES string of the molecule is COc1cc(C(=O)N2C[C@H]3CC4(N(C)C)C[C@@H]2[C@@H]34)cc2nc(-c3cc4cccnc4n3CC3CC3)n(C)c12. The second-order valence-corrected chi connectivity index (χ2v) is 12.3. The molecule has 196 valence electrons. The van der Waals surface area contributed by atoms with Gasteiger partial charge in [-0.3, -0.25) is 4.79 Å². The standard InChI is InChI=1S/C30H34N6O2/c1-33(2)30-13-20-16-36(23(14-30)25(20)30)29(37)19-10-21-26(24(12-19)38-4)34(3)28(32-21)22-11-18-6-5-9-31-27(18)35(22)15-17-7-8-17/h5-6,9-12,17,20,23,25H,7-8,13-16H2,1-4H3/t20-,23-,25-,30?/m1/s1. The number of hydrogen-bond donors (Lipinski definition) is 0. The summed E-state index contributed by atoms with van der Waals surface area (Å²) in [6, 6.07) is 10.5. The normalized spacial score (nSPS) is 27.6. The van der Waals surface area contributed by atoms with Gasteiger partial charge in [0.25, 0.3) is 5.91 Å². The van der Waals surface area contributed by atoms with Gasteiger partial charge in [-0.2, -0.15) is 0 Å². The Labute approximate surface area is 222 Å². The number of carbonyl (C=O) groups is 1. The monoisotopic (exact) mass is 510 g/mol. The first kappa shape index (κ1) is 22.6. The van der Waals surface area contributed by atoms with E-state index in [1.54, 1.807) is 7.11 Å². The van der Waals surface area contributed by atoms with Crippen LogP contribution in [0.3, 0.4) is 0 Å². The molecule has 0 bridgehead atoms. The largest absolute Gasteiger partial charge is 0.494 e. The van der Waals surface area contributed by atoms with Gasteiger partial charge in [0.05, 0.1) is 18.3 Å². The number of aromatic nitrogens is 4. The molecule has 1 saturated heterocycles. The number of amides is 1. The van der Waals surface area contributed by atoms with Crippen molar-refractivity contribution >= 4 is 28.0 Å². The lowest BCUT2D eigenvalue weighted by Gasteiger charge is -2.66. The molecule has 3 aromatic heterocycles. The minimum atomic E-state index is 0.108. The van der Waals surface area contributed by atoms with E-state index in [0.717, 1.165) is 53.1 Å². The van der Waals surface area contributed by atoms with Crippen molar-refractivity contribution in [2.75, 3.05) is 27.7 Å². The van der Waals surface area contributed by atoms with Gasteiger partial charge in [-0.1, -0.05) is 0 Å². The number of likely N-dealkylation sites (tertiary alicyclic amines) is 1. The van der Waals surface area contributed by atoms with Gasteiger partial charge in [0.1, 0.15) is 16.9 Å². The molecule has 4 atom stereocenters. The summed E-state index contributed by atoms with van der Waals surface area (Å²) < 4.78 is 10.3. The Bertz CT molecular complexity index is 1630. The smallest absolute Gasteiger partial charge is 0.254 e. The zero-order valence-electron chi connectivity index (χ0n) is 22.5. The summed E-state index contributed by atoms with van der Waals surface area (Å²) in [7, 11) is 8.09. The number of nitrogens with zero attached hydrogens (tertiary/aromatic N) is 6. The first-order chi connectivity index (χ1) is 18.4. The molecular formula is C30H34N6O2. The molecule has 38 heavy (non-hydrogen) atoms. The molecule has 1 aromatic carbocycles. The van der Waals surface area contributed by atoms with Crippen LogP contribution in [0.25, 0.3) is 33.6 Å². The maximum Gasteiger partial charge on any atom is 0.254 e. The second-order valence-electron chi connectivity index (χ2n) is 12.3. The Morgan fingerprint density at radius 3 is 2.82 bits per heavy atom. The topological polar surface area (TPSA) is 68.4 Å². The molecule has 1 amide bonds. The number of aryl methyl sites for hydroxylation is 1. The molecule has 4 heterocycles. The van der Waals surface area contributed by atoms with Crippen LogP contribution >= 0.6 is 0 Å². The van der Waals surface area contributed by atoms with Crippen molar-refractivity contribution in [1.29, 1.82) is 0 Å². The van der Waals surface area contributed by atoms with Crippen LogP contribution in [-0.4, -0.2) is 74.1 Å². The summed E-state index contributed by atoms with van der Waals surface area (Å²) in [6.45, 7) is 1.82. The third-order valence-corrected chi connectivity index (χ3v) is 10.1. The summed E-state index contributed by atoms with van der Waals surface area (Å²) >= 11 is 0.